The van der Waals surface area contributed by atoms with Gasteiger partial charge in [-0.05, 0) is 60.5 Å². The molecule has 0 saturated carbocycles. The first kappa shape index (κ1) is 30.5. The van der Waals surface area contributed by atoms with Crippen molar-refractivity contribution >= 4 is 27.5 Å². The molecule has 0 aliphatic carbocycles. The monoisotopic (exact) mass is 585 g/mol. The lowest BCUT2D eigenvalue weighted by Crippen LogP contribution is -2.55. The molecule has 1 saturated heterocycles. The van der Waals surface area contributed by atoms with Gasteiger partial charge < -0.3 is 19.9 Å². The third kappa shape index (κ3) is 5.95. The van der Waals surface area contributed by atoms with Gasteiger partial charge in [0.2, 0.25) is 5.91 Å². The fourth-order valence-electron chi connectivity index (χ4n) is 4.98. The van der Waals surface area contributed by atoms with Crippen LogP contribution in [0.1, 0.15) is 53.0 Å². The van der Waals surface area contributed by atoms with Crippen molar-refractivity contribution in [3.8, 4) is 5.00 Å². The molecule has 41 heavy (non-hydrogen) atoms. The lowest BCUT2D eigenvalue weighted by Gasteiger charge is -2.30. The largest absolute Gasteiger partial charge is 0.501 e. The van der Waals surface area contributed by atoms with Crippen molar-refractivity contribution in [2.45, 2.75) is 78.7 Å². The smallest absolute Gasteiger partial charge is 0.333 e. The lowest BCUT2D eigenvalue weighted by molar-refractivity contribution is -0.125. The van der Waals surface area contributed by atoms with E-state index in [0.717, 1.165) is 15.7 Å². The molecule has 1 fully saturated rings. The van der Waals surface area contributed by atoms with Gasteiger partial charge >= 0.3 is 5.69 Å². The summed E-state index contributed by atoms with van der Waals surface area (Å²) in [5.41, 5.74) is 5.37. The number of hydrogen-bond acceptors (Lipinski definition) is 8. The van der Waals surface area contributed by atoms with E-state index in [1.54, 1.807) is 30.3 Å². The zero-order valence-corrected chi connectivity index (χ0v) is 25.5. The number of hydrogen-bond donors (Lipinski definition) is 1. The van der Waals surface area contributed by atoms with E-state index in [4.69, 9.17) is 19.9 Å². The zero-order valence-electron chi connectivity index (χ0n) is 24.7. The SMILES string of the molecule is CO/C(C)=C(/C=C(C)C)[C@H](Cn1c(=O)n(C(C)(C)C(N)=O)c(=O)c2c(C)c(-n3cccn3)sc21)OC1CCOCC1. The van der Waals surface area contributed by atoms with Crippen LogP contribution >= 0.6 is 11.3 Å². The number of methoxy groups -OCH3 is 1. The minimum atomic E-state index is -1.58. The molecule has 12 heteroatoms. The van der Waals surface area contributed by atoms with Gasteiger partial charge in [0.15, 0.2) is 0 Å². The molecule has 2 N–H and O–H groups in total. The average molecular weight is 586 g/mol. The Kier molecular flexibility index (Phi) is 9.05. The standard InChI is InChI=1S/C29H39N5O6S/c1-17(2)15-21(19(4)38-7)22(40-20-9-13-39-14-10-20)16-32-26-23(18(3)25(41-26)33-12-8-11-31-33)24(35)34(28(32)37)29(5,6)27(30)36/h8,11-12,15,20,22H,9-10,13-14,16H2,1-7H3,(H2,30,36)/b21-19-/t22-/m0/s1. The molecular weight excluding hydrogens is 546 g/mol. The summed E-state index contributed by atoms with van der Waals surface area (Å²) in [6.45, 7) is 11.8. The van der Waals surface area contributed by atoms with Gasteiger partial charge in [-0.15, -0.1) is 0 Å². The number of primary amides is 1. The number of aryl methyl sites for hydroxylation is 1. The van der Waals surface area contributed by atoms with Crippen LogP contribution in [0.2, 0.25) is 0 Å². The molecule has 0 bridgehead atoms. The Morgan fingerprint density at radius 2 is 1.95 bits per heavy atom. The number of carbonyl (C=O) groups excluding carboxylic acids is 1. The van der Waals surface area contributed by atoms with Crippen LogP contribution in [0.15, 0.2) is 51.0 Å². The Morgan fingerprint density at radius 1 is 1.27 bits per heavy atom. The second kappa shape index (κ2) is 12.2. The zero-order chi connectivity index (χ0) is 30.1. The number of rotatable bonds is 10. The number of aromatic nitrogens is 4. The summed E-state index contributed by atoms with van der Waals surface area (Å²) in [4.78, 5) is 41.2. The second-order valence-electron chi connectivity index (χ2n) is 11.0. The first-order valence-corrected chi connectivity index (χ1v) is 14.4. The highest BCUT2D eigenvalue weighted by atomic mass is 32.1. The van der Waals surface area contributed by atoms with Gasteiger partial charge in [0, 0.05) is 36.7 Å². The summed E-state index contributed by atoms with van der Waals surface area (Å²) in [6, 6.07) is 1.78. The number of fused-ring (bicyclic) bond motifs is 1. The van der Waals surface area contributed by atoms with Gasteiger partial charge in [-0.3, -0.25) is 14.2 Å². The van der Waals surface area contributed by atoms with Crippen LogP contribution in [0.25, 0.3) is 15.2 Å². The molecule has 1 amide bonds. The van der Waals surface area contributed by atoms with Crippen LogP contribution < -0.4 is 17.0 Å². The topological polar surface area (TPSA) is 133 Å². The number of ether oxygens (including phenoxy) is 3. The Labute approximate surface area is 242 Å². The fourth-order valence-corrected chi connectivity index (χ4v) is 6.23. The third-order valence-corrected chi connectivity index (χ3v) is 8.74. The predicted molar refractivity (Wildman–Crippen MR) is 159 cm³/mol. The summed E-state index contributed by atoms with van der Waals surface area (Å²) in [6.07, 6.45) is 6.14. The predicted octanol–water partition coefficient (Wildman–Crippen LogP) is 3.39. The number of nitrogens with two attached hydrogens (primary N) is 1. The molecule has 222 valence electrons. The van der Waals surface area contributed by atoms with Crippen LogP contribution in [0.5, 0.6) is 0 Å². The number of amides is 1. The van der Waals surface area contributed by atoms with Crippen molar-refractivity contribution < 1.29 is 19.0 Å². The van der Waals surface area contributed by atoms with E-state index in [1.165, 1.54) is 29.8 Å². The maximum Gasteiger partial charge on any atom is 0.333 e. The van der Waals surface area contributed by atoms with Gasteiger partial charge in [-0.1, -0.05) is 23.0 Å². The van der Waals surface area contributed by atoms with Gasteiger partial charge in [-0.25, -0.2) is 14.0 Å². The van der Waals surface area contributed by atoms with E-state index < -0.39 is 28.8 Å². The summed E-state index contributed by atoms with van der Waals surface area (Å²) in [5.74, 6) is -0.143. The van der Waals surface area contributed by atoms with Crippen LogP contribution in [0, 0.1) is 6.92 Å². The minimum absolute atomic E-state index is 0.0696. The molecular formula is C29H39N5O6S. The van der Waals surface area contributed by atoms with Gasteiger partial charge in [0.25, 0.3) is 5.56 Å². The van der Waals surface area contributed by atoms with Gasteiger partial charge in [0.05, 0.1) is 30.9 Å². The summed E-state index contributed by atoms with van der Waals surface area (Å²) >= 11 is 1.29. The third-order valence-electron chi connectivity index (χ3n) is 7.44. The van der Waals surface area contributed by atoms with Crippen LogP contribution in [0.3, 0.4) is 0 Å². The lowest BCUT2D eigenvalue weighted by atomic mass is 10.0. The quantitative estimate of drug-likeness (QED) is 0.285. The highest BCUT2D eigenvalue weighted by Gasteiger charge is 2.35. The Bertz CT molecular complexity index is 1600. The number of allylic oxidation sites excluding steroid dienone is 2. The van der Waals surface area contributed by atoms with E-state index in [0.29, 0.717) is 52.6 Å². The normalized spacial score (nSPS) is 16.0. The number of carbonyl (C=O) groups is 1. The van der Waals surface area contributed by atoms with Crippen molar-refractivity contribution in [2.24, 2.45) is 5.73 Å². The molecule has 0 aromatic carbocycles. The molecule has 4 rings (SSSR count). The second-order valence-corrected chi connectivity index (χ2v) is 12.0. The average Bonchev–Trinajstić information content (AvgIpc) is 3.57. The fraction of sp³-hybridized carbons (Fsp3) is 0.517. The van der Waals surface area contributed by atoms with Crippen molar-refractivity contribution in [2.75, 3.05) is 20.3 Å². The Balaban J connectivity index is 2.02. The maximum absolute atomic E-state index is 14.2. The van der Waals surface area contributed by atoms with Gasteiger partial charge in [0.1, 0.15) is 21.5 Å². The summed E-state index contributed by atoms with van der Waals surface area (Å²) in [5, 5.41) is 5.37. The molecule has 0 radical (unpaired) electrons. The molecule has 1 aliphatic rings. The molecule has 3 aromatic heterocycles. The van der Waals surface area contributed by atoms with Crippen molar-refractivity contribution in [1.82, 2.24) is 18.9 Å². The molecule has 11 nitrogen and oxygen atoms in total. The van der Waals surface area contributed by atoms with Crippen LogP contribution in [0.4, 0.5) is 0 Å². The molecule has 3 aromatic rings. The van der Waals surface area contributed by atoms with Crippen molar-refractivity contribution in [1.29, 1.82) is 0 Å². The molecule has 1 atom stereocenters. The summed E-state index contributed by atoms with van der Waals surface area (Å²) < 4.78 is 22.0. The molecule has 0 spiro atoms. The molecule has 4 heterocycles. The number of nitrogens with zero attached hydrogens (tertiary/aromatic N) is 4. The summed E-state index contributed by atoms with van der Waals surface area (Å²) in [7, 11) is 1.60. The van der Waals surface area contributed by atoms with Crippen LogP contribution in [-0.2, 0) is 31.1 Å². The molecule has 1 aliphatic heterocycles. The highest BCUT2D eigenvalue weighted by molar-refractivity contribution is 7.21. The van der Waals surface area contributed by atoms with Gasteiger partial charge in [-0.2, -0.15) is 5.10 Å². The maximum atomic E-state index is 14.2. The van der Waals surface area contributed by atoms with E-state index in [2.05, 4.69) is 5.10 Å². The van der Waals surface area contributed by atoms with E-state index >= 15 is 0 Å². The Morgan fingerprint density at radius 3 is 2.51 bits per heavy atom. The highest BCUT2D eigenvalue weighted by Crippen LogP contribution is 2.32. The first-order valence-electron chi connectivity index (χ1n) is 13.6. The van der Waals surface area contributed by atoms with Crippen molar-refractivity contribution in [3.63, 3.8) is 0 Å². The number of thiophene rings is 1. The minimum Gasteiger partial charge on any atom is -0.501 e. The first-order chi connectivity index (χ1) is 19.4. The van der Waals surface area contributed by atoms with E-state index in [-0.39, 0.29) is 12.6 Å². The van der Waals surface area contributed by atoms with E-state index in [9.17, 15) is 14.4 Å². The Hall–Kier alpha value is -3.48. The van der Waals surface area contributed by atoms with Crippen molar-refractivity contribution in [3.05, 3.63) is 67.8 Å². The van der Waals surface area contributed by atoms with Crippen LogP contribution in [-0.4, -0.2) is 57.4 Å². The molecule has 0 unspecified atom stereocenters. The van der Waals surface area contributed by atoms with E-state index in [1.807, 2.05) is 33.8 Å².